The van der Waals surface area contributed by atoms with Gasteiger partial charge in [0.25, 0.3) is 0 Å². The van der Waals surface area contributed by atoms with E-state index in [-0.39, 0.29) is 12.1 Å². The van der Waals surface area contributed by atoms with Crippen molar-refractivity contribution in [2.75, 3.05) is 13.1 Å². The lowest BCUT2D eigenvalue weighted by Gasteiger charge is -2.31. The number of aryl methyl sites for hydroxylation is 2. The summed E-state index contributed by atoms with van der Waals surface area (Å²) in [6.07, 6.45) is 3.61. The number of urea groups is 1. The van der Waals surface area contributed by atoms with E-state index in [9.17, 15) is 4.79 Å². The molecule has 7 nitrogen and oxygen atoms in total. The van der Waals surface area contributed by atoms with Crippen LogP contribution in [0.25, 0.3) is 11.0 Å². The van der Waals surface area contributed by atoms with Gasteiger partial charge in [-0.3, -0.25) is 0 Å². The Kier molecular flexibility index (Phi) is 4.59. The van der Waals surface area contributed by atoms with E-state index >= 15 is 0 Å². The number of carbonyl (C=O) groups excluding carboxylic acids is 1. The number of H-pyrrole nitrogens is 2. The first-order valence-corrected chi connectivity index (χ1v) is 9.53. The highest BCUT2D eigenvalue weighted by atomic mass is 16.2. The Morgan fingerprint density at radius 2 is 2.04 bits per heavy atom. The third-order valence-corrected chi connectivity index (χ3v) is 5.37. The number of rotatable bonds is 3. The molecule has 7 heteroatoms. The predicted octanol–water partition coefficient (Wildman–Crippen LogP) is 3.55. The molecule has 0 saturated carbocycles. The van der Waals surface area contributed by atoms with Gasteiger partial charge in [-0.2, -0.15) is 0 Å². The number of hydrogen-bond acceptors (Lipinski definition) is 3. The molecule has 0 spiro atoms. The maximum atomic E-state index is 12.6. The van der Waals surface area contributed by atoms with Gasteiger partial charge >= 0.3 is 6.03 Å². The van der Waals surface area contributed by atoms with Gasteiger partial charge in [-0.15, -0.1) is 0 Å². The molecule has 3 N–H and O–H groups in total. The Labute approximate surface area is 158 Å². The molecule has 27 heavy (non-hydrogen) atoms. The summed E-state index contributed by atoms with van der Waals surface area (Å²) in [5.41, 5.74) is 4.32. The minimum absolute atomic E-state index is 0.0320. The average molecular weight is 366 g/mol. The molecule has 1 fully saturated rings. The molecule has 0 radical (unpaired) electrons. The first-order chi connectivity index (χ1) is 13.0. The van der Waals surface area contributed by atoms with E-state index in [1.54, 1.807) is 6.20 Å². The quantitative estimate of drug-likeness (QED) is 0.662. The van der Waals surface area contributed by atoms with Crippen LogP contribution in [0.1, 0.15) is 54.6 Å². The van der Waals surface area contributed by atoms with E-state index in [4.69, 9.17) is 4.98 Å². The van der Waals surface area contributed by atoms with Gasteiger partial charge in [0.15, 0.2) is 0 Å². The van der Waals surface area contributed by atoms with Gasteiger partial charge in [0.05, 0.1) is 17.1 Å². The number of aromatic amines is 2. The molecule has 0 bridgehead atoms. The molecule has 1 saturated heterocycles. The van der Waals surface area contributed by atoms with Crippen LogP contribution >= 0.6 is 0 Å². The molecule has 3 aromatic rings. The number of amides is 2. The first kappa shape index (κ1) is 17.6. The summed E-state index contributed by atoms with van der Waals surface area (Å²) in [5, 5.41) is 3.03. The summed E-state index contributed by atoms with van der Waals surface area (Å²) < 4.78 is 0. The molecule has 2 aromatic heterocycles. The Morgan fingerprint density at radius 3 is 2.70 bits per heavy atom. The molecule has 1 aliphatic heterocycles. The topological polar surface area (TPSA) is 89.7 Å². The van der Waals surface area contributed by atoms with Crippen molar-refractivity contribution >= 4 is 17.1 Å². The monoisotopic (exact) mass is 366 g/mol. The zero-order valence-corrected chi connectivity index (χ0v) is 16.0. The van der Waals surface area contributed by atoms with Gasteiger partial charge in [-0.05, 0) is 45.2 Å². The summed E-state index contributed by atoms with van der Waals surface area (Å²) in [7, 11) is 0. The fourth-order valence-electron chi connectivity index (χ4n) is 3.74. The number of benzene rings is 1. The second-order valence-corrected chi connectivity index (χ2v) is 7.48. The van der Waals surface area contributed by atoms with Crippen molar-refractivity contribution in [3.8, 4) is 0 Å². The number of hydrogen-bond donors (Lipinski definition) is 3. The van der Waals surface area contributed by atoms with Crippen LogP contribution in [0.2, 0.25) is 0 Å². The molecular weight excluding hydrogens is 340 g/mol. The summed E-state index contributed by atoms with van der Waals surface area (Å²) in [6.45, 7) is 7.45. The van der Waals surface area contributed by atoms with Crippen molar-refractivity contribution in [2.24, 2.45) is 0 Å². The van der Waals surface area contributed by atoms with Crippen LogP contribution in [0.3, 0.4) is 0 Å². The van der Waals surface area contributed by atoms with Crippen molar-refractivity contribution in [1.82, 2.24) is 30.2 Å². The summed E-state index contributed by atoms with van der Waals surface area (Å²) in [4.78, 5) is 30.2. The second kappa shape index (κ2) is 7.06. The Balaban J connectivity index is 1.36. The Morgan fingerprint density at radius 1 is 1.26 bits per heavy atom. The van der Waals surface area contributed by atoms with Crippen molar-refractivity contribution in [3.63, 3.8) is 0 Å². The standard InChI is InChI=1S/C20H26N6O/c1-12-5-4-6-16-17(12)25-19(24-16)15-7-9-26(10-8-15)20(27)23-14(3)18-21-11-13(2)22-18/h4-6,11,14-15H,7-10H2,1-3H3,(H,21,22)(H,23,27)(H,24,25). The molecule has 142 valence electrons. The molecule has 1 atom stereocenters. The van der Waals surface area contributed by atoms with Gasteiger partial charge in [0, 0.05) is 30.9 Å². The van der Waals surface area contributed by atoms with Crippen LogP contribution in [0, 0.1) is 13.8 Å². The van der Waals surface area contributed by atoms with Crippen LogP contribution in [0.4, 0.5) is 4.79 Å². The smallest absolute Gasteiger partial charge is 0.317 e. The number of aromatic nitrogens is 4. The number of nitrogens with one attached hydrogen (secondary N) is 3. The lowest BCUT2D eigenvalue weighted by molar-refractivity contribution is 0.177. The largest absolute Gasteiger partial charge is 0.344 e. The molecule has 3 heterocycles. The molecule has 0 aliphatic carbocycles. The number of piperidine rings is 1. The average Bonchev–Trinajstić information content (AvgIpc) is 3.29. The number of likely N-dealkylation sites (tertiary alicyclic amines) is 1. The minimum Gasteiger partial charge on any atom is -0.344 e. The number of fused-ring (bicyclic) bond motifs is 1. The molecule has 4 rings (SSSR count). The lowest BCUT2D eigenvalue weighted by atomic mass is 9.96. The van der Waals surface area contributed by atoms with Gasteiger partial charge in [-0.1, -0.05) is 12.1 Å². The zero-order chi connectivity index (χ0) is 19.0. The van der Waals surface area contributed by atoms with Crippen molar-refractivity contribution < 1.29 is 4.79 Å². The van der Waals surface area contributed by atoms with E-state index in [1.165, 1.54) is 5.56 Å². The summed E-state index contributed by atoms with van der Waals surface area (Å²) in [6, 6.07) is 6.03. The van der Waals surface area contributed by atoms with Crippen LogP contribution in [0.5, 0.6) is 0 Å². The number of nitrogens with zero attached hydrogens (tertiary/aromatic N) is 3. The van der Waals surface area contributed by atoms with Gasteiger partial charge in [0.1, 0.15) is 11.6 Å². The van der Waals surface area contributed by atoms with Crippen LogP contribution in [0.15, 0.2) is 24.4 Å². The van der Waals surface area contributed by atoms with Crippen molar-refractivity contribution in [2.45, 2.75) is 45.6 Å². The third-order valence-electron chi connectivity index (χ3n) is 5.37. The fraction of sp³-hybridized carbons (Fsp3) is 0.450. The summed E-state index contributed by atoms with van der Waals surface area (Å²) >= 11 is 0. The normalized spacial score (nSPS) is 16.6. The van der Waals surface area contributed by atoms with Crippen molar-refractivity contribution in [3.05, 3.63) is 47.3 Å². The number of imidazole rings is 2. The molecule has 1 unspecified atom stereocenters. The van der Waals surface area contributed by atoms with E-state index in [0.717, 1.165) is 54.3 Å². The fourth-order valence-corrected chi connectivity index (χ4v) is 3.74. The zero-order valence-electron chi connectivity index (χ0n) is 16.0. The van der Waals surface area contributed by atoms with Crippen LogP contribution in [-0.4, -0.2) is 44.0 Å². The van der Waals surface area contributed by atoms with Gasteiger partial charge < -0.3 is 20.2 Å². The van der Waals surface area contributed by atoms with Crippen LogP contribution in [-0.2, 0) is 0 Å². The second-order valence-electron chi connectivity index (χ2n) is 7.48. The van der Waals surface area contributed by atoms with E-state index < -0.39 is 0 Å². The van der Waals surface area contributed by atoms with E-state index in [0.29, 0.717) is 5.92 Å². The summed E-state index contributed by atoms with van der Waals surface area (Å²) in [5.74, 6) is 2.19. The third kappa shape index (κ3) is 3.54. The van der Waals surface area contributed by atoms with Gasteiger partial charge in [-0.25, -0.2) is 14.8 Å². The lowest BCUT2D eigenvalue weighted by Crippen LogP contribution is -2.45. The molecule has 2 amide bonds. The highest BCUT2D eigenvalue weighted by Gasteiger charge is 2.27. The minimum atomic E-state index is -0.137. The highest BCUT2D eigenvalue weighted by molar-refractivity contribution is 5.78. The highest BCUT2D eigenvalue weighted by Crippen LogP contribution is 2.28. The number of para-hydroxylation sites is 1. The SMILES string of the molecule is Cc1cnc(C(C)NC(=O)N2CCC(c3nc4c(C)cccc4[nH]3)CC2)[nH]1. The maximum Gasteiger partial charge on any atom is 0.317 e. The Hall–Kier alpha value is -2.83. The molecule has 1 aliphatic rings. The predicted molar refractivity (Wildman–Crippen MR) is 105 cm³/mol. The van der Waals surface area contributed by atoms with Crippen LogP contribution < -0.4 is 5.32 Å². The first-order valence-electron chi connectivity index (χ1n) is 9.53. The van der Waals surface area contributed by atoms with Crippen molar-refractivity contribution in [1.29, 1.82) is 0 Å². The van der Waals surface area contributed by atoms with E-state index in [2.05, 4.69) is 39.3 Å². The maximum absolute atomic E-state index is 12.6. The number of carbonyl (C=O) groups is 1. The van der Waals surface area contributed by atoms with Gasteiger partial charge in [0.2, 0.25) is 0 Å². The molecule has 1 aromatic carbocycles. The van der Waals surface area contributed by atoms with E-state index in [1.807, 2.05) is 24.8 Å². The Bertz CT molecular complexity index is 950. The molecular formula is C20H26N6O.